The second kappa shape index (κ2) is 5.76. The highest BCUT2D eigenvalue weighted by Crippen LogP contribution is 2.31. The largest absolute Gasteiger partial charge is 0.488 e. The molecule has 0 saturated heterocycles. The Balaban J connectivity index is 1.53. The van der Waals surface area contributed by atoms with Gasteiger partial charge in [-0.05, 0) is 37.7 Å². The highest BCUT2D eigenvalue weighted by atomic mass is 32.2. The summed E-state index contributed by atoms with van der Waals surface area (Å²) in [6.07, 6.45) is 7.66. The van der Waals surface area contributed by atoms with E-state index >= 15 is 0 Å². The maximum atomic E-state index is 6.02. The van der Waals surface area contributed by atoms with Crippen molar-refractivity contribution < 1.29 is 4.74 Å². The van der Waals surface area contributed by atoms with Gasteiger partial charge in [0.15, 0.2) is 0 Å². The molecule has 104 valence electrons. The summed E-state index contributed by atoms with van der Waals surface area (Å²) < 4.78 is 6.02. The summed E-state index contributed by atoms with van der Waals surface area (Å²) >= 11 is 2.01. The number of benzene rings is 1. The molecule has 2 aliphatic rings. The molecule has 1 heterocycles. The van der Waals surface area contributed by atoms with Crippen molar-refractivity contribution in [2.24, 2.45) is 0 Å². The van der Waals surface area contributed by atoms with Gasteiger partial charge in [-0.15, -0.1) is 0 Å². The lowest BCUT2D eigenvalue weighted by Gasteiger charge is -2.21. The summed E-state index contributed by atoms with van der Waals surface area (Å²) in [5.74, 6) is 1.09. The van der Waals surface area contributed by atoms with Crippen LogP contribution in [-0.4, -0.2) is 30.2 Å². The lowest BCUT2D eigenvalue weighted by Crippen LogP contribution is -2.40. The Hall–Kier alpha value is -0.670. The molecule has 0 amide bonds. The Morgan fingerprint density at radius 3 is 3.11 bits per heavy atom. The Labute approximate surface area is 120 Å². The van der Waals surface area contributed by atoms with Crippen LogP contribution in [0, 0.1) is 6.92 Å². The van der Waals surface area contributed by atoms with Crippen molar-refractivity contribution in [1.82, 2.24) is 5.32 Å². The maximum Gasteiger partial charge on any atom is 0.123 e. The van der Waals surface area contributed by atoms with Crippen LogP contribution in [0.1, 0.15) is 30.4 Å². The molecule has 3 rings (SSSR count). The van der Waals surface area contributed by atoms with Crippen LogP contribution in [0.25, 0.3) is 0 Å². The topological polar surface area (TPSA) is 21.3 Å². The van der Waals surface area contributed by atoms with Gasteiger partial charge in [0.1, 0.15) is 11.9 Å². The second-order valence-electron chi connectivity index (χ2n) is 5.77. The molecule has 1 saturated carbocycles. The molecule has 0 spiro atoms. The van der Waals surface area contributed by atoms with Crippen molar-refractivity contribution in [3.63, 3.8) is 0 Å². The zero-order chi connectivity index (χ0) is 13.2. The molecule has 1 aliphatic heterocycles. The number of nitrogens with one attached hydrogen (secondary N) is 1. The van der Waals surface area contributed by atoms with Crippen LogP contribution in [0.2, 0.25) is 0 Å². The predicted molar refractivity (Wildman–Crippen MR) is 82.2 cm³/mol. The van der Waals surface area contributed by atoms with E-state index in [2.05, 4.69) is 36.7 Å². The zero-order valence-corrected chi connectivity index (χ0v) is 12.6. The Kier molecular flexibility index (Phi) is 4.04. The third-order valence-corrected chi connectivity index (χ3v) is 5.49. The Morgan fingerprint density at radius 2 is 2.26 bits per heavy atom. The highest BCUT2D eigenvalue weighted by molar-refractivity contribution is 7.99. The summed E-state index contributed by atoms with van der Waals surface area (Å²) in [5.41, 5.74) is 2.70. The van der Waals surface area contributed by atoms with Gasteiger partial charge in [-0.1, -0.05) is 24.1 Å². The summed E-state index contributed by atoms with van der Waals surface area (Å²) in [5, 5.41) is 4.53. The zero-order valence-electron chi connectivity index (χ0n) is 11.8. The Bertz CT molecular complexity index is 448. The highest BCUT2D eigenvalue weighted by Gasteiger charge is 2.28. The van der Waals surface area contributed by atoms with E-state index in [4.69, 9.17) is 4.74 Å². The van der Waals surface area contributed by atoms with E-state index in [-0.39, 0.29) is 0 Å². The fraction of sp³-hybridized carbons (Fsp3) is 0.625. The standard InChI is InChI=1S/C16H23NOS/c1-11-6-7-15-12(8-11)9-13(18-15)10-17-14-4-3-5-16(14)19-2/h6-8,13-14,16-17H,3-5,9-10H2,1-2H3. The first kappa shape index (κ1) is 13.3. The van der Waals surface area contributed by atoms with E-state index in [1.165, 1.54) is 30.4 Å². The minimum Gasteiger partial charge on any atom is -0.488 e. The summed E-state index contributed by atoms with van der Waals surface area (Å²) in [6, 6.07) is 7.19. The van der Waals surface area contributed by atoms with Crippen molar-refractivity contribution in [1.29, 1.82) is 0 Å². The number of fused-ring (bicyclic) bond motifs is 1. The van der Waals surface area contributed by atoms with E-state index in [0.29, 0.717) is 12.1 Å². The van der Waals surface area contributed by atoms with Crippen LogP contribution in [0.5, 0.6) is 5.75 Å². The lowest BCUT2D eigenvalue weighted by molar-refractivity contribution is 0.222. The Morgan fingerprint density at radius 1 is 1.37 bits per heavy atom. The molecule has 2 nitrogen and oxygen atoms in total. The number of hydrogen-bond donors (Lipinski definition) is 1. The smallest absolute Gasteiger partial charge is 0.123 e. The third kappa shape index (κ3) is 2.92. The summed E-state index contributed by atoms with van der Waals surface area (Å²) in [6.45, 7) is 3.13. The third-order valence-electron chi connectivity index (χ3n) is 4.32. The van der Waals surface area contributed by atoms with Crippen molar-refractivity contribution in [3.8, 4) is 5.75 Å². The van der Waals surface area contributed by atoms with Crippen LogP contribution in [0.3, 0.4) is 0 Å². The molecule has 3 atom stereocenters. The molecule has 1 fully saturated rings. The van der Waals surface area contributed by atoms with Gasteiger partial charge in [0, 0.05) is 24.3 Å². The monoisotopic (exact) mass is 277 g/mol. The van der Waals surface area contributed by atoms with Crippen molar-refractivity contribution in [3.05, 3.63) is 29.3 Å². The molecule has 0 bridgehead atoms. The van der Waals surface area contributed by atoms with Gasteiger partial charge in [0.2, 0.25) is 0 Å². The van der Waals surface area contributed by atoms with Crippen LogP contribution in [0.4, 0.5) is 0 Å². The molecule has 1 aromatic carbocycles. The molecule has 1 aliphatic carbocycles. The first-order chi connectivity index (χ1) is 9.26. The average molecular weight is 277 g/mol. The van der Waals surface area contributed by atoms with Crippen molar-refractivity contribution in [2.75, 3.05) is 12.8 Å². The minimum atomic E-state index is 0.319. The number of aryl methyl sites for hydroxylation is 1. The quantitative estimate of drug-likeness (QED) is 0.913. The maximum absolute atomic E-state index is 6.02. The molecule has 1 N–H and O–H groups in total. The van der Waals surface area contributed by atoms with Gasteiger partial charge < -0.3 is 10.1 Å². The normalized spacial score (nSPS) is 29.3. The average Bonchev–Trinajstić information content (AvgIpc) is 3.01. The number of thioether (sulfide) groups is 1. The molecule has 0 radical (unpaired) electrons. The van der Waals surface area contributed by atoms with Gasteiger partial charge in [-0.3, -0.25) is 0 Å². The molecule has 1 aromatic rings. The number of ether oxygens (including phenoxy) is 1. The lowest BCUT2D eigenvalue weighted by atomic mass is 10.1. The van der Waals surface area contributed by atoms with Gasteiger partial charge >= 0.3 is 0 Å². The number of rotatable bonds is 4. The van der Waals surface area contributed by atoms with E-state index in [0.717, 1.165) is 24.0 Å². The summed E-state index contributed by atoms with van der Waals surface area (Å²) in [7, 11) is 0. The molecular weight excluding hydrogens is 254 g/mol. The molecule has 0 aromatic heterocycles. The van der Waals surface area contributed by atoms with E-state index in [1.807, 2.05) is 11.8 Å². The van der Waals surface area contributed by atoms with Crippen LogP contribution < -0.4 is 10.1 Å². The summed E-state index contributed by atoms with van der Waals surface area (Å²) in [4.78, 5) is 0. The predicted octanol–water partition coefficient (Wildman–Crippen LogP) is 3.17. The fourth-order valence-corrected chi connectivity index (χ4v) is 4.25. The second-order valence-corrected chi connectivity index (χ2v) is 6.85. The van der Waals surface area contributed by atoms with Crippen LogP contribution in [-0.2, 0) is 6.42 Å². The number of hydrogen-bond acceptors (Lipinski definition) is 3. The first-order valence-electron chi connectivity index (χ1n) is 7.28. The SMILES string of the molecule is CSC1CCCC1NCC1Cc2cc(C)ccc2O1. The molecule has 19 heavy (non-hydrogen) atoms. The first-order valence-corrected chi connectivity index (χ1v) is 8.57. The van der Waals surface area contributed by atoms with E-state index < -0.39 is 0 Å². The van der Waals surface area contributed by atoms with Crippen LogP contribution >= 0.6 is 11.8 Å². The molecule has 3 unspecified atom stereocenters. The van der Waals surface area contributed by atoms with Gasteiger partial charge in [0.05, 0.1) is 0 Å². The fourth-order valence-electron chi connectivity index (χ4n) is 3.29. The van der Waals surface area contributed by atoms with Crippen molar-refractivity contribution in [2.45, 2.75) is 50.0 Å². The van der Waals surface area contributed by atoms with E-state index in [1.54, 1.807) is 0 Å². The van der Waals surface area contributed by atoms with Crippen LogP contribution in [0.15, 0.2) is 18.2 Å². The van der Waals surface area contributed by atoms with Gasteiger partial charge in [0.25, 0.3) is 0 Å². The molecule has 3 heteroatoms. The van der Waals surface area contributed by atoms with Gasteiger partial charge in [-0.2, -0.15) is 11.8 Å². The van der Waals surface area contributed by atoms with Crippen molar-refractivity contribution >= 4 is 11.8 Å². The minimum absolute atomic E-state index is 0.319. The van der Waals surface area contributed by atoms with E-state index in [9.17, 15) is 0 Å². The molecular formula is C16H23NOS. The van der Waals surface area contributed by atoms with Gasteiger partial charge in [-0.25, -0.2) is 0 Å².